The van der Waals surface area contributed by atoms with E-state index in [1.54, 1.807) is 11.6 Å². The molecule has 0 spiro atoms. The zero-order chi connectivity index (χ0) is 21.0. The molecule has 0 bridgehead atoms. The topological polar surface area (TPSA) is 110 Å². The van der Waals surface area contributed by atoms with E-state index in [4.69, 9.17) is 5.11 Å². The fourth-order valence-corrected chi connectivity index (χ4v) is 4.07. The van der Waals surface area contributed by atoms with E-state index in [1.807, 2.05) is 18.2 Å². The van der Waals surface area contributed by atoms with Crippen LogP contribution in [0.2, 0.25) is 0 Å². The first kappa shape index (κ1) is 20.8. The number of carbonyl (C=O) groups is 3. The molecule has 29 heavy (non-hydrogen) atoms. The molecule has 2 heterocycles. The summed E-state index contributed by atoms with van der Waals surface area (Å²) in [7, 11) is 1.71. The number of aromatic nitrogens is 2. The summed E-state index contributed by atoms with van der Waals surface area (Å²) in [6.07, 6.45) is 6.11. The zero-order valence-electron chi connectivity index (χ0n) is 16.6. The van der Waals surface area contributed by atoms with Crippen molar-refractivity contribution >= 4 is 28.8 Å². The van der Waals surface area contributed by atoms with Gasteiger partial charge in [0.05, 0.1) is 11.0 Å². The number of fused-ring (bicyclic) bond motifs is 1. The summed E-state index contributed by atoms with van der Waals surface area (Å²) in [4.78, 5) is 47.2. The standard InChI is InChI=1S/C21H27N3O5/c1-23-19-14(8-5-3-2-4-6-11-18(26)27)9-7-10-15(19)24(21(23)29)16-12-13-17(25)22-20(16)28/h7,9-10,16H,2-6,8,11-13H2,1H3,(H,26,27)(H,22,25,28). The Balaban J connectivity index is 1.74. The molecule has 2 N–H and O–H groups in total. The third kappa shape index (κ3) is 4.58. The van der Waals surface area contributed by atoms with Crippen molar-refractivity contribution in [2.24, 2.45) is 7.05 Å². The lowest BCUT2D eigenvalue weighted by molar-refractivity contribution is -0.137. The Bertz CT molecular complexity index is 988. The van der Waals surface area contributed by atoms with E-state index in [-0.39, 0.29) is 24.4 Å². The molecule has 156 valence electrons. The second-order valence-corrected chi connectivity index (χ2v) is 7.62. The number of nitrogens with zero attached hydrogens (tertiary/aromatic N) is 2. The van der Waals surface area contributed by atoms with Crippen LogP contribution in [0, 0.1) is 0 Å². The normalized spacial score (nSPS) is 16.9. The molecule has 0 aliphatic carbocycles. The second kappa shape index (κ2) is 9.07. The predicted octanol–water partition coefficient (Wildman–Crippen LogP) is 2.29. The first-order chi connectivity index (χ1) is 13.9. The number of imidazole rings is 1. The van der Waals surface area contributed by atoms with Crippen molar-refractivity contribution in [3.8, 4) is 0 Å². The molecular weight excluding hydrogens is 374 g/mol. The summed E-state index contributed by atoms with van der Waals surface area (Å²) in [5, 5.41) is 11.0. The molecule has 1 atom stereocenters. The van der Waals surface area contributed by atoms with Gasteiger partial charge < -0.3 is 5.11 Å². The van der Waals surface area contributed by atoms with Gasteiger partial charge in [0.2, 0.25) is 11.8 Å². The molecule has 1 saturated heterocycles. The van der Waals surface area contributed by atoms with E-state index in [0.717, 1.165) is 43.2 Å². The van der Waals surface area contributed by atoms with E-state index >= 15 is 0 Å². The van der Waals surface area contributed by atoms with Crippen molar-refractivity contribution in [3.05, 3.63) is 34.2 Å². The molecule has 1 aliphatic rings. The van der Waals surface area contributed by atoms with Gasteiger partial charge >= 0.3 is 11.7 Å². The Morgan fingerprint density at radius 3 is 2.59 bits per heavy atom. The Hall–Kier alpha value is -2.90. The Kier molecular flexibility index (Phi) is 6.51. The summed E-state index contributed by atoms with van der Waals surface area (Å²) in [6.45, 7) is 0. The minimum Gasteiger partial charge on any atom is -0.481 e. The van der Waals surface area contributed by atoms with Gasteiger partial charge in [0.25, 0.3) is 0 Å². The molecule has 1 aliphatic heterocycles. The van der Waals surface area contributed by atoms with Crippen molar-refractivity contribution in [3.63, 3.8) is 0 Å². The molecule has 8 nitrogen and oxygen atoms in total. The highest BCUT2D eigenvalue weighted by Gasteiger charge is 2.31. The van der Waals surface area contributed by atoms with Crippen molar-refractivity contribution in [1.82, 2.24) is 14.5 Å². The molecule has 1 aromatic carbocycles. The number of hydrogen-bond donors (Lipinski definition) is 2. The summed E-state index contributed by atoms with van der Waals surface area (Å²) in [6, 6.07) is 5.07. The van der Waals surface area contributed by atoms with Crippen LogP contribution in [0.4, 0.5) is 0 Å². The maximum atomic E-state index is 12.9. The molecule has 1 unspecified atom stereocenters. The summed E-state index contributed by atoms with van der Waals surface area (Å²) < 4.78 is 3.09. The van der Waals surface area contributed by atoms with Crippen LogP contribution in [0.1, 0.15) is 63.0 Å². The molecule has 0 saturated carbocycles. The highest BCUT2D eigenvalue weighted by Crippen LogP contribution is 2.25. The number of benzene rings is 1. The van der Waals surface area contributed by atoms with Gasteiger partial charge in [0.1, 0.15) is 6.04 Å². The number of aryl methyl sites for hydroxylation is 2. The lowest BCUT2D eigenvalue weighted by Crippen LogP contribution is -2.44. The number of aliphatic carboxylic acids is 1. The molecule has 2 amide bonds. The van der Waals surface area contributed by atoms with Crippen molar-refractivity contribution in [2.75, 3.05) is 0 Å². The Morgan fingerprint density at radius 2 is 1.86 bits per heavy atom. The van der Waals surface area contributed by atoms with Gasteiger partial charge in [-0.15, -0.1) is 0 Å². The van der Waals surface area contributed by atoms with Crippen molar-refractivity contribution in [2.45, 2.75) is 63.8 Å². The Labute approximate surface area is 168 Å². The van der Waals surface area contributed by atoms with Crippen LogP contribution in [0.25, 0.3) is 11.0 Å². The third-order valence-corrected chi connectivity index (χ3v) is 5.54. The molecular formula is C21H27N3O5. The maximum absolute atomic E-state index is 12.9. The number of para-hydroxylation sites is 1. The second-order valence-electron chi connectivity index (χ2n) is 7.62. The van der Waals surface area contributed by atoms with Gasteiger partial charge in [-0.1, -0.05) is 31.4 Å². The van der Waals surface area contributed by atoms with Crippen LogP contribution in [0.5, 0.6) is 0 Å². The van der Waals surface area contributed by atoms with Crippen LogP contribution in [0.3, 0.4) is 0 Å². The van der Waals surface area contributed by atoms with E-state index in [9.17, 15) is 19.2 Å². The highest BCUT2D eigenvalue weighted by atomic mass is 16.4. The number of unbranched alkanes of at least 4 members (excludes halogenated alkanes) is 4. The first-order valence-electron chi connectivity index (χ1n) is 10.1. The van der Waals surface area contributed by atoms with Gasteiger partial charge in [-0.05, 0) is 37.3 Å². The fraction of sp³-hybridized carbons (Fsp3) is 0.524. The number of piperidine rings is 1. The van der Waals surface area contributed by atoms with Crippen LogP contribution < -0.4 is 11.0 Å². The zero-order valence-corrected chi connectivity index (χ0v) is 16.6. The smallest absolute Gasteiger partial charge is 0.329 e. The average Bonchev–Trinajstić information content (AvgIpc) is 2.92. The number of imide groups is 1. The van der Waals surface area contributed by atoms with Crippen LogP contribution in [0.15, 0.2) is 23.0 Å². The number of carboxylic acids is 1. The van der Waals surface area contributed by atoms with Crippen LogP contribution in [-0.2, 0) is 27.9 Å². The number of rotatable bonds is 9. The van der Waals surface area contributed by atoms with Crippen LogP contribution in [-0.4, -0.2) is 32.0 Å². The van der Waals surface area contributed by atoms with Gasteiger partial charge in [-0.2, -0.15) is 0 Å². The van der Waals surface area contributed by atoms with E-state index in [0.29, 0.717) is 18.4 Å². The lowest BCUT2D eigenvalue weighted by Gasteiger charge is -2.21. The molecule has 1 aromatic heterocycles. The van der Waals surface area contributed by atoms with Gasteiger partial charge in [0.15, 0.2) is 0 Å². The van der Waals surface area contributed by atoms with Crippen LogP contribution >= 0.6 is 0 Å². The minimum absolute atomic E-state index is 0.218. The van der Waals surface area contributed by atoms with Gasteiger partial charge in [0, 0.05) is 19.9 Å². The number of amides is 2. The first-order valence-corrected chi connectivity index (χ1v) is 10.1. The fourth-order valence-electron chi connectivity index (χ4n) is 4.07. The number of carbonyl (C=O) groups excluding carboxylic acids is 2. The third-order valence-electron chi connectivity index (χ3n) is 5.54. The lowest BCUT2D eigenvalue weighted by atomic mass is 10.0. The van der Waals surface area contributed by atoms with Crippen molar-refractivity contribution < 1.29 is 19.5 Å². The number of hydrogen-bond acceptors (Lipinski definition) is 4. The van der Waals surface area contributed by atoms with Gasteiger partial charge in [-0.3, -0.25) is 28.8 Å². The van der Waals surface area contributed by atoms with E-state index in [1.165, 1.54) is 4.57 Å². The largest absolute Gasteiger partial charge is 0.481 e. The summed E-state index contributed by atoms with van der Waals surface area (Å²) >= 11 is 0. The summed E-state index contributed by atoms with van der Waals surface area (Å²) in [5.41, 5.74) is 2.34. The van der Waals surface area contributed by atoms with Gasteiger partial charge in [-0.25, -0.2) is 4.79 Å². The summed E-state index contributed by atoms with van der Waals surface area (Å²) in [5.74, 6) is -1.48. The van der Waals surface area contributed by atoms with E-state index < -0.39 is 17.9 Å². The number of nitrogens with one attached hydrogen (secondary N) is 1. The molecule has 8 heteroatoms. The Morgan fingerprint density at radius 1 is 1.14 bits per heavy atom. The molecule has 1 fully saturated rings. The number of carboxylic acid groups (broad SMARTS) is 1. The quantitative estimate of drug-likeness (QED) is 0.495. The molecule has 2 aromatic rings. The highest BCUT2D eigenvalue weighted by molar-refractivity contribution is 6.00. The molecule has 3 rings (SSSR count). The average molecular weight is 401 g/mol. The monoisotopic (exact) mass is 401 g/mol. The molecule has 0 radical (unpaired) electrons. The maximum Gasteiger partial charge on any atom is 0.329 e. The predicted molar refractivity (Wildman–Crippen MR) is 108 cm³/mol. The minimum atomic E-state index is -0.752. The van der Waals surface area contributed by atoms with Crippen molar-refractivity contribution in [1.29, 1.82) is 0 Å². The van der Waals surface area contributed by atoms with E-state index in [2.05, 4.69) is 5.32 Å². The SMILES string of the molecule is Cn1c(=O)n(C2CCC(=O)NC2=O)c2cccc(CCCCCCCC(=O)O)c21.